The fourth-order valence-corrected chi connectivity index (χ4v) is 2.26. The zero-order valence-corrected chi connectivity index (χ0v) is 11.0. The molecule has 4 heterocycles. The maximum Gasteiger partial charge on any atom is 0.231 e. The molecule has 0 atom stereocenters. The first-order valence-corrected chi connectivity index (χ1v) is 6.25. The molecule has 4 aromatic heterocycles. The number of fused-ring (bicyclic) bond motifs is 3. The van der Waals surface area contributed by atoms with E-state index in [1.54, 1.807) is 23.2 Å². The highest BCUT2D eigenvalue weighted by molar-refractivity contribution is 5.92. The normalized spacial score (nSPS) is 11.5. The summed E-state index contributed by atoms with van der Waals surface area (Å²) in [5.41, 5.74) is 3.27. The van der Waals surface area contributed by atoms with Crippen LogP contribution in [0.3, 0.4) is 0 Å². The van der Waals surface area contributed by atoms with E-state index in [9.17, 15) is 0 Å². The molecule has 98 valence electrons. The summed E-state index contributed by atoms with van der Waals surface area (Å²) < 4.78 is 7.29. The van der Waals surface area contributed by atoms with Crippen molar-refractivity contribution in [1.29, 1.82) is 0 Å². The molecule has 0 radical (unpaired) electrons. The fourth-order valence-electron chi connectivity index (χ4n) is 2.26. The van der Waals surface area contributed by atoms with Gasteiger partial charge in [0.05, 0.1) is 5.39 Å². The first-order valence-electron chi connectivity index (χ1n) is 6.25. The van der Waals surface area contributed by atoms with Gasteiger partial charge in [-0.1, -0.05) is 0 Å². The smallest absolute Gasteiger partial charge is 0.231 e. The van der Waals surface area contributed by atoms with Crippen molar-refractivity contribution < 1.29 is 4.42 Å². The van der Waals surface area contributed by atoms with Crippen LogP contribution in [-0.2, 0) is 0 Å². The minimum atomic E-state index is 0.595. The molecule has 0 aromatic carbocycles. The summed E-state index contributed by atoms with van der Waals surface area (Å²) in [6, 6.07) is 3.79. The van der Waals surface area contributed by atoms with Gasteiger partial charge in [-0.05, 0) is 26.0 Å². The Balaban J connectivity index is 2.06. The number of aryl methyl sites for hydroxylation is 2. The van der Waals surface area contributed by atoms with Crippen LogP contribution in [-0.4, -0.2) is 24.6 Å². The van der Waals surface area contributed by atoms with Gasteiger partial charge in [0.15, 0.2) is 11.5 Å². The van der Waals surface area contributed by atoms with Crippen LogP contribution in [0.1, 0.15) is 11.3 Å². The van der Waals surface area contributed by atoms with Crippen molar-refractivity contribution >= 4 is 16.7 Å². The van der Waals surface area contributed by atoms with Crippen molar-refractivity contribution in [2.75, 3.05) is 0 Å². The van der Waals surface area contributed by atoms with Crippen LogP contribution < -0.4 is 0 Å². The Bertz CT molecular complexity index is 923. The highest BCUT2D eigenvalue weighted by Crippen LogP contribution is 2.27. The van der Waals surface area contributed by atoms with Gasteiger partial charge in [-0.15, -0.1) is 5.10 Å². The number of hydrogen-bond acceptors (Lipinski definition) is 5. The average molecular weight is 265 g/mol. The van der Waals surface area contributed by atoms with Crippen molar-refractivity contribution in [2.24, 2.45) is 0 Å². The Morgan fingerprint density at radius 2 is 2.15 bits per heavy atom. The molecular weight excluding hydrogens is 254 g/mol. The second-order valence-corrected chi connectivity index (χ2v) is 4.65. The predicted molar refractivity (Wildman–Crippen MR) is 73.3 cm³/mol. The van der Waals surface area contributed by atoms with E-state index in [1.807, 2.05) is 26.0 Å². The van der Waals surface area contributed by atoms with Crippen molar-refractivity contribution in [3.8, 4) is 11.4 Å². The first kappa shape index (κ1) is 11.1. The van der Waals surface area contributed by atoms with Crippen LogP contribution in [0, 0.1) is 13.8 Å². The lowest BCUT2D eigenvalue weighted by atomic mass is 10.2. The molecule has 0 aliphatic carbocycles. The second kappa shape index (κ2) is 3.86. The summed E-state index contributed by atoms with van der Waals surface area (Å²) in [5, 5.41) is 5.35. The lowest BCUT2D eigenvalue weighted by Gasteiger charge is -1.91. The maximum atomic E-state index is 5.62. The molecule has 0 saturated heterocycles. The Morgan fingerprint density at radius 3 is 2.95 bits per heavy atom. The maximum absolute atomic E-state index is 5.62. The molecule has 0 N–H and O–H groups in total. The molecule has 0 amide bonds. The summed E-state index contributed by atoms with van der Waals surface area (Å²) in [7, 11) is 0. The molecule has 0 saturated carbocycles. The standard InChI is InChI=1S/C14H11N5O/c1-8-9(2)20-14-11(8)13-17-12(18-19(13)7-16-14)10-4-3-5-15-6-10/h3-7H,1-2H3. The summed E-state index contributed by atoms with van der Waals surface area (Å²) in [4.78, 5) is 13.0. The fraction of sp³-hybridized carbons (Fsp3) is 0.143. The molecule has 4 rings (SSSR count). The lowest BCUT2D eigenvalue weighted by molar-refractivity contribution is 0.563. The van der Waals surface area contributed by atoms with E-state index in [0.717, 1.165) is 27.9 Å². The van der Waals surface area contributed by atoms with E-state index in [2.05, 4.69) is 20.1 Å². The van der Waals surface area contributed by atoms with Gasteiger partial charge in [0.25, 0.3) is 0 Å². The molecule has 6 nitrogen and oxygen atoms in total. The molecule has 0 bridgehead atoms. The van der Waals surface area contributed by atoms with Crippen LogP contribution in [0.4, 0.5) is 0 Å². The first-order chi connectivity index (χ1) is 9.74. The van der Waals surface area contributed by atoms with Crippen LogP contribution >= 0.6 is 0 Å². The number of pyridine rings is 1. The molecule has 20 heavy (non-hydrogen) atoms. The Kier molecular flexibility index (Phi) is 2.14. The SMILES string of the molecule is Cc1oc2ncn3nc(-c4cccnc4)nc3c2c1C. The molecule has 0 aliphatic heterocycles. The van der Waals surface area contributed by atoms with Crippen molar-refractivity contribution in [3.05, 3.63) is 42.2 Å². The molecular formula is C14H11N5O. The summed E-state index contributed by atoms with van der Waals surface area (Å²) in [6.07, 6.45) is 5.09. The zero-order valence-electron chi connectivity index (χ0n) is 11.0. The van der Waals surface area contributed by atoms with Gasteiger partial charge in [-0.2, -0.15) is 0 Å². The van der Waals surface area contributed by atoms with Gasteiger partial charge in [-0.25, -0.2) is 14.5 Å². The van der Waals surface area contributed by atoms with Gasteiger partial charge >= 0.3 is 0 Å². The zero-order chi connectivity index (χ0) is 13.7. The van der Waals surface area contributed by atoms with Crippen molar-refractivity contribution in [3.63, 3.8) is 0 Å². The van der Waals surface area contributed by atoms with E-state index in [-0.39, 0.29) is 0 Å². The molecule has 4 aromatic rings. The monoisotopic (exact) mass is 265 g/mol. The minimum Gasteiger partial charge on any atom is -0.443 e. The van der Waals surface area contributed by atoms with Gasteiger partial charge < -0.3 is 4.42 Å². The third-order valence-electron chi connectivity index (χ3n) is 3.43. The summed E-state index contributed by atoms with van der Waals surface area (Å²) >= 11 is 0. The van der Waals surface area contributed by atoms with E-state index in [0.29, 0.717) is 11.5 Å². The van der Waals surface area contributed by atoms with Gasteiger partial charge in [0.2, 0.25) is 5.71 Å². The third kappa shape index (κ3) is 1.45. The second-order valence-electron chi connectivity index (χ2n) is 4.65. The van der Waals surface area contributed by atoms with Crippen LogP contribution in [0.25, 0.3) is 28.1 Å². The molecule has 0 fully saturated rings. The summed E-state index contributed by atoms with van der Waals surface area (Å²) in [5.74, 6) is 1.48. The van der Waals surface area contributed by atoms with Crippen LogP contribution in [0.5, 0.6) is 0 Å². The average Bonchev–Trinajstić information content (AvgIpc) is 3.02. The largest absolute Gasteiger partial charge is 0.443 e. The highest BCUT2D eigenvalue weighted by Gasteiger charge is 2.16. The number of rotatable bonds is 1. The predicted octanol–water partition coefficient (Wildman–Crippen LogP) is 2.55. The Morgan fingerprint density at radius 1 is 1.25 bits per heavy atom. The van der Waals surface area contributed by atoms with E-state index in [1.165, 1.54) is 0 Å². The summed E-state index contributed by atoms with van der Waals surface area (Å²) in [6.45, 7) is 3.92. The topological polar surface area (TPSA) is 69.1 Å². The van der Waals surface area contributed by atoms with Gasteiger partial charge in [-0.3, -0.25) is 4.98 Å². The number of hydrogen-bond donors (Lipinski definition) is 0. The van der Waals surface area contributed by atoms with E-state index < -0.39 is 0 Å². The van der Waals surface area contributed by atoms with Crippen LogP contribution in [0.2, 0.25) is 0 Å². The van der Waals surface area contributed by atoms with Gasteiger partial charge in [0, 0.05) is 23.5 Å². The van der Waals surface area contributed by atoms with E-state index in [4.69, 9.17) is 4.42 Å². The molecule has 0 unspecified atom stereocenters. The van der Waals surface area contributed by atoms with E-state index >= 15 is 0 Å². The third-order valence-corrected chi connectivity index (χ3v) is 3.43. The molecule has 0 aliphatic rings. The molecule has 6 heteroatoms. The number of nitrogens with zero attached hydrogens (tertiary/aromatic N) is 5. The van der Waals surface area contributed by atoms with Crippen molar-refractivity contribution in [2.45, 2.75) is 13.8 Å². The number of aromatic nitrogens is 5. The Labute approximate surface area is 114 Å². The molecule has 0 spiro atoms. The number of furan rings is 1. The minimum absolute atomic E-state index is 0.595. The van der Waals surface area contributed by atoms with Gasteiger partial charge in [0.1, 0.15) is 12.1 Å². The Hall–Kier alpha value is -2.76. The highest BCUT2D eigenvalue weighted by atomic mass is 16.3. The van der Waals surface area contributed by atoms with Crippen molar-refractivity contribution in [1.82, 2.24) is 24.6 Å². The van der Waals surface area contributed by atoms with Crippen LogP contribution in [0.15, 0.2) is 35.3 Å². The quantitative estimate of drug-likeness (QED) is 0.529. The lowest BCUT2D eigenvalue weighted by Crippen LogP contribution is -1.90.